The molecule has 4 heteroatoms. The van der Waals surface area contributed by atoms with Gasteiger partial charge >= 0.3 is 0 Å². The Morgan fingerprint density at radius 1 is 1.56 bits per heavy atom. The largest absolute Gasteiger partial charge is 0.329 e. The van der Waals surface area contributed by atoms with Crippen LogP contribution in [0.2, 0.25) is 0 Å². The molecule has 1 N–H and O–H groups in total. The summed E-state index contributed by atoms with van der Waals surface area (Å²) in [6.45, 7) is 7.90. The van der Waals surface area contributed by atoms with Gasteiger partial charge in [0, 0.05) is 31.4 Å². The lowest BCUT2D eigenvalue weighted by molar-refractivity contribution is 0.0965. The summed E-state index contributed by atoms with van der Waals surface area (Å²) in [5.74, 6) is 0.726. The Balaban J connectivity index is 2.35. The zero-order chi connectivity index (χ0) is 12.0. The molecular formula is C12H21N3O. The fourth-order valence-electron chi connectivity index (χ4n) is 1.57. The van der Waals surface area contributed by atoms with E-state index < -0.39 is 0 Å². The Kier molecular flexibility index (Phi) is 5.19. The standard InChI is InChI=1S/C12H21N3O/c1-4-15-9-8-14-12(15)11(16)6-5-7-13-10(2)3/h8-10,13H,4-7H2,1-3H3. The quantitative estimate of drug-likeness (QED) is 0.567. The number of Topliss-reactive ketones (excluding diaryl/α,β-unsaturated/α-hetero) is 1. The zero-order valence-electron chi connectivity index (χ0n) is 10.4. The first kappa shape index (κ1) is 12.9. The molecule has 0 aliphatic carbocycles. The molecule has 0 bridgehead atoms. The van der Waals surface area contributed by atoms with E-state index in [0.29, 0.717) is 18.3 Å². The van der Waals surface area contributed by atoms with Gasteiger partial charge in [0.2, 0.25) is 0 Å². The average Bonchev–Trinajstić information content (AvgIpc) is 2.71. The SMILES string of the molecule is CCn1ccnc1C(=O)CCCNC(C)C. The van der Waals surface area contributed by atoms with Crippen LogP contribution in [0.15, 0.2) is 12.4 Å². The molecule has 0 unspecified atom stereocenters. The number of rotatable bonds is 7. The lowest BCUT2D eigenvalue weighted by Crippen LogP contribution is -2.24. The van der Waals surface area contributed by atoms with Crippen molar-refractivity contribution in [2.45, 2.75) is 46.2 Å². The number of hydrogen-bond donors (Lipinski definition) is 1. The molecule has 0 atom stereocenters. The number of aryl methyl sites for hydroxylation is 1. The Morgan fingerprint density at radius 2 is 2.31 bits per heavy atom. The molecule has 4 nitrogen and oxygen atoms in total. The summed E-state index contributed by atoms with van der Waals surface area (Å²) in [5.41, 5.74) is 0. The smallest absolute Gasteiger partial charge is 0.198 e. The van der Waals surface area contributed by atoms with E-state index in [1.54, 1.807) is 6.20 Å². The average molecular weight is 223 g/mol. The molecule has 16 heavy (non-hydrogen) atoms. The van der Waals surface area contributed by atoms with Crippen LogP contribution in [-0.4, -0.2) is 27.9 Å². The number of nitrogens with zero attached hydrogens (tertiary/aromatic N) is 2. The first-order valence-corrected chi connectivity index (χ1v) is 5.92. The zero-order valence-corrected chi connectivity index (χ0v) is 10.4. The highest BCUT2D eigenvalue weighted by molar-refractivity contribution is 5.92. The van der Waals surface area contributed by atoms with Crippen molar-refractivity contribution in [2.24, 2.45) is 0 Å². The van der Waals surface area contributed by atoms with Crippen molar-refractivity contribution in [1.82, 2.24) is 14.9 Å². The summed E-state index contributed by atoms with van der Waals surface area (Å²) >= 11 is 0. The molecule has 0 aliphatic rings. The number of imidazole rings is 1. The molecule has 0 spiro atoms. The number of ketones is 1. The Morgan fingerprint density at radius 3 is 2.94 bits per heavy atom. The van der Waals surface area contributed by atoms with E-state index in [-0.39, 0.29) is 5.78 Å². The monoisotopic (exact) mass is 223 g/mol. The molecular weight excluding hydrogens is 202 g/mol. The van der Waals surface area contributed by atoms with Gasteiger partial charge < -0.3 is 9.88 Å². The van der Waals surface area contributed by atoms with Gasteiger partial charge in [-0.1, -0.05) is 13.8 Å². The Bertz CT molecular complexity index is 331. The maximum absolute atomic E-state index is 11.8. The summed E-state index contributed by atoms with van der Waals surface area (Å²) in [7, 11) is 0. The van der Waals surface area contributed by atoms with Crippen LogP contribution in [0.5, 0.6) is 0 Å². The molecule has 0 radical (unpaired) electrons. The van der Waals surface area contributed by atoms with Gasteiger partial charge in [-0.05, 0) is 19.9 Å². The summed E-state index contributed by atoms with van der Waals surface area (Å²) in [4.78, 5) is 15.9. The van der Waals surface area contributed by atoms with Crippen molar-refractivity contribution >= 4 is 5.78 Å². The minimum atomic E-state index is 0.136. The van der Waals surface area contributed by atoms with Gasteiger partial charge in [0.1, 0.15) is 0 Å². The number of hydrogen-bond acceptors (Lipinski definition) is 3. The third-order valence-corrected chi connectivity index (χ3v) is 2.44. The fourth-order valence-corrected chi connectivity index (χ4v) is 1.57. The Hall–Kier alpha value is -1.16. The minimum Gasteiger partial charge on any atom is -0.329 e. The molecule has 1 aromatic heterocycles. The van der Waals surface area contributed by atoms with E-state index in [1.807, 2.05) is 17.7 Å². The van der Waals surface area contributed by atoms with Crippen molar-refractivity contribution in [2.75, 3.05) is 6.54 Å². The van der Waals surface area contributed by atoms with Crippen LogP contribution < -0.4 is 5.32 Å². The summed E-state index contributed by atoms with van der Waals surface area (Å²) in [6.07, 6.45) is 4.97. The maximum atomic E-state index is 11.8. The van der Waals surface area contributed by atoms with Gasteiger partial charge in [0.05, 0.1) is 0 Å². The second-order valence-corrected chi connectivity index (χ2v) is 4.17. The van der Waals surface area contributed by atoms with E-state index in [0.717, 1.165) is 19.5 Å². The molecule has 0 saturated carbocycles. The molecule has 0 aromatic carbocycles. The number of carbonyl (C=O) groups excluding carboxylic acids is 1. The van der Waals surface area contributed by atoms with Gasteiger partial charge in [0.25, 0.3) is 0 Å². The van der Waals surface area contributed by atoms with Crippen LogP contribution in [0, 0.1) is 0 Å². The van der Waals surface area contributed by atoms with Crippen LogP contribution in [0.4, 0.5) is 0 Å². The van der Waals surface area contributed by atoms with E-state index >= 15 is 0 Å². The minimum absolute atomic E-state index is 0.136. The molecule has 0 saturated heterocycles. The third kappa shape index (κ3) is 3.77. The molecule has 0 amide bonds. The van der Waals surface area contributed by atoms with Crippen molar-refractivity contribution in [1.29, 1.82) is 0 Å². The number of carbonyl (C=O) groups is 1. The number of nitrogens with one attached hydrogen (secondary N) is 1. The van der Waals surface area contributed by atoms with E-state index in [1.165, 1.54) is 0 Å². The van der Waals surface area contributed by atoms with Gasteiger partial charge in [-0.15, -0.1) is 0 Å². The van der Waals surface area contributed by atoms with Crippen LogP contribution in [0.1, 0.15) is 44.2 Å². The Labute approximate surface area is 97.1 Å². The second kappa shape index (κ2) is 6.43. The van der Waals surface area contributed by atoms with Gasteiger partial charge in [-0.3, -0.25) is 4.79 Å². The molecule has 0 aliphatic heterocycles. The maximum Gasteiger partial charge on any atom is 0.198 e. The predicted octanol–water partition coefficient (Wildman–Crippen LogP) is 1.86. The summed E-state index contributed by atoms with van der Waals surface area (Å²) < 4.78 is 1.89. The highest BCUT2D eigenvalue weighted by atomic mass is 16.1. The van der Waals surface area contributed by atoms with Crippen molar-refractivity contribution < 1.29 is 4.79 Å². The van der Waals surface area contributed by atoms with E-state index in [4.69, 9.17) is 0 Å². The summed E-state index contributed by atoms with van der Waals surface area (Å²) in [5, 5.41) is 3.30. The first-order valence-electron chi connectivity index (χ1n) is 5.92. The molecule has 0 fully saturated rings. The van der Waals surface area contributed by atoms with Gasteiger partial charge in [-0.25, -0.2) is 4.98 Å². The van der Waals surface area contributed by atoms with Crippen molar-refractivity contribution in [3.05, 3.63) is 18.2 Å². The number of aromatic nitrogens is 2. The highest BCUT2D eigenvalue weighted by Crippen LogP contribution is 2.03. The topological polar surface area (TPSA) is 46.9 Å². The predicted molar refractivity (Wildman–Crippen MR) is 64.6 cm³/mol. The third-order valence-electron chi connectivity index (χ3n) is 2.44. The van der Waals surface area contributed by atoms with Crippen LogP contribution in [0.25, 0.3) is 0 Å². The van der Waals surface area contributed by atoms with Gasteiger partial charge in [-0.2, -0.15) is 0 Å². The molecule has 1 heterocycles. The van der Waals surface area contributed by atoms with Crippen molar-refractivity contribution in [3.8, 4) is 0 Å². The summed E-state index contributed by atoms with van der Waals surface area (Å²) in [6, 6.07) is 0.479. The van der Waals surface area contributed by atoms with Crippen LogP contribution >= 0.6 is 0 Å². The normalized spacial score (nSPS) is 11.0. The van der Waals surface area contributed by atoms with E-state index in [9.17, 15) is 4.79 Å². The van der Waals surface area contributed by atoms with Gasteiger partial charge in [0.15, 0.2) is 11.6 Å². The van der Waals surface area contributed by atoms with Crippen molar-refractivity contribution in [3.63, 3.8) is 0 Å². The van der Waals surface area contributed by atoms with Crippen LogP contribution in [-0.2, 0) is 6.54 Å². The fraction of sp³-hybridized carbons (Fsp3) is 0.667. The molecule has 1 aromatic rings. The van der Waals surface area contributed by atoms with E-state index in [2.05, 4.69) is 24.1 Å². The lowest BCUT2D eigenvalue weighted by Gasteiger charge is -2.07. The van der Waals surface area contributed by atoms with Crippen LogP contribution in [0.3, 0.4) is 0 Å². The molecule has 1 rings (SSSR count). The first-order chi connectivity index (χ1) is 7.65. The molecule has 90 valence electrons. The lowest BCUT2D eigenvalue weighted by atomic mass is 10.2. The highest BCUT2D eigenvalue weighted by Gasteiger charge is 2.11. The second-order valence-electron chi connectivity index (χ2n) is 4.17.